The third-order valence-corrected chi connectivity index (χ3v) is 5.64. The largest absolute Gasteiger partial charge is 0.349 e. The number of aryl methyl sites for hydroxylation is 2. The Hall–Kier alpha value is -3.36. The van der Waals surface area contributed by atoms with E-state index in [1.54, 1.807) is 36.0 Å². The SMILES string of the molecule is Cc1ccc(F)c(-c2cc(C)nc(N3CCC(F)(F)C3)c2NC(=O)c2cnn(C(C)C)c2)c1. The molecule has 1 fully saturated rings. The summed E-state index contributed by atoms with van der Waals surface area (Å²) in [7, 11) is 0. The number of hydrogen-bond donors (Lipinski definition) is 1. The maximum Gasteiger partial charge on any atom is 0.266 e. The van der Waals surface area contributed by atoms with Gasteiger partial charge in [-0.15, -0.1) is 0 Å². The summed E-state index contributed by atoms with van der Waals surface area (Å²) in [5.74, 6) is -3.62. The Morgan fingerprint density at radius 1 is 1.18 bits per heavy atom. The predicted octanol–water partition coefficient (Wildman–Crippen LogP) is 5.38. The number of nitrogens with zero attached hydrogens (tertiary/aromatic N) is 4. The highest BCUT2D eigenvalue weighted by atomic mass is 19.3. The van der Waals surface area contributed by atoms with E-state index in [2.05, 4.69) is 15.4 Å². The van der Waals surface area contributed by atoms with Crippen molar-refractivity contribution in [2.45, 2.75) is 46.1 Å². The first-order valence-electron chi connectivity index (χ1n) is 10.8. The van der Waals surface area contributed by atoms with Crippen LogP contribution in [0.25, 0.3) is 11.1 Å². The van der Waals surface area contributed by atoms with Gasteiger partial charge in [0, 0.05) is 42.0 Å². The Kier molecular flexibility index (Phi) is 5.90. The summed E-state index contributed by atoms with van der Waals surface area (Å²) in [5, 5.41) is 7.00. The molecular formula is C24H26F3N5O. The van der Waals surface area contributed by atoms with E-state index in [9.17, 15) is 18.0 Å². The van der Waals surface area contributed by atoms with Crippen molar-refractivity contribution in [1.29, 1.82) is 0 Å². The molecule has 9 heteroatoms. The molecule has 1 aliphatic heterocycles. The van der Waals surface area contributed by atoms with Crippen molar-refractivity contribution in [3.8, 4) is 11.1 Å². The maximum absolute atomic E-state index is 14.9. The topological polar surface area (TPSA) is 63.1 Å². The molecule has 0 aliphatic carbocycles. The van der Waals surface area contributed by atoms with Crippen molar-refractivity contribution in [2.75, 3.05) is 23.3 Å². The van der Waals surface area contributed by atoms with Gasteiger partial charge < -0.3 is 10.2 Å². The Labute approximate surface area is 190 Å². The minimum Gasteiger partial charge on any atom is -0.349 e. The van der Waals surface area contributed by atoms with Gasteiger partial charge in [0.1, 0.15) is 5.82 Å². The van der Waals surface area contributed by atoms with E-state index in [1.807, 2.05) is 20.8 Å². The van der Waals surface area contributed by atoms with Crippen molar-refractivity contribution < 1.29 is 18.0 Å². The monoisotopic (exact) mass is 457 g/mol. The summed E-state index contributed by atoms with van der Waals surface area (Å²) in [6, 6.07) is 6.38. The number of benzene rings is 1. The van der Waals surface area contributed by atoms with Gasteiger partial charge in [-0.2, -0.15) is 5.10 Å². The van der Waals surface area contributed by atoms with Gasteiger partial charge in [0.05, 0.1) is 24.0 Å². The molecule has 0 radical (unpaired) electrons. The number of halogens is 3. The van der Waals surface area contributed by atoms with Crippen LogP contribution in [-0.4, -0.2) is 39.7 Å². The molecule has 3 heterocycles. The van der Waals surface area contributed by atoms with E-state index < -0.39 is 24.2 Å². The summed E-state index contributed by atoms with van der Waals surface area (Å²) in [6.07, 6.45) is 2.73. The summed E-state index contributed by atoms with van der Waals surface area (Å²) in [6.45, 7) is 6.97. The van der Waals surface area contributed by atoms with Crippen LogP contribution in [0.15, 0.2) is 36.7 Å². The number of nitrogens with one attached hydrogen (secondary N) is 1. The molecule has 0 bridgehead atoms. The number of anilines is 2. The lowest BCUT2D eigenvalue weighted by molar-refractivity contribution is 0.0257. The highest BCUT2D eigenvalue weighted by Gasteiger charge is 2.40. The van der Waals surface area contributed by atoms with E-state index in [0.29, 0.717) is 16.8 Å². The quantitative estimate of drug-likeness (QED) is 0.559. The van der Waals surface area contributed by atoms with Gasteiger partial charge in [0.15, 0.2) is 5.82 Å². The van der Waals surface area contributed by atoms with Crippen molar-refractivity contribution >= 4 is 17.4 Å². The molecule has 3 aromatic rings. The Balaban J connectivity index is 1.84. The lowest BCUT2D eigenvalue weighted by atomic mass is 10.0. The van der Waals surface area contributed by atoms with Crippen LogP contribution in [0.1, 0.15) is 47.9 Å². The van der Waals surface area contributed by atoms with Crippen LogP contribution in [0.5, 0.6) is 0 Å². The van der Waals surface area contributed by atoms with E-state index >= 15 is 0 Å². The third-order valence-electron chi connectivity index (χ3n) is 5.64. The first-order valence-corrected chi connectivity index (χ1v) is 10.8. The Morgan fingerprint density at radius 3 is 2.58 bits per heavy atom. The second-order valence-electron chi connectivity index (χ2n) is 8.78. The van der Waals surface area contributed by atoms with Gasteiger partial charge in [-0.05, 0) is 45.9 Å². The number of amides is 1. The van der Waals surface area contributed by atoms with E-state index in [0.717, 1.165) is 5.56 Å². The van der Waals surface area contributed by atoms with Crippen molar-refractivity contribution in [3.63, 3.8) is 0 Å². The number of carbonyl (C=O) groups is 1. The van der Waals surface area contributed by atoms with Crippen LogP contribution in [0.2, 0.25) is 0 Å². The average molecular weight is 458 g/mol. The lowest BCUT2D eigenvalue weighted by Crippen LogP contribution is -2.27. The molecule has 0 unspecified atom stereocenters. The van der Waals surface area contributed by atoms with Gasteiger partial charge in [-0.25, -0.2) is 18.2 Å². The van der Waals surface area contributed by atoms with Crippen molar-refractivity contribution in [1.82, 2.24) is 14.8 Å². The molecule has 0 saturated carbocycles. The minimum atomic E-state index is -2.86. The number of carbonyl (C=O) groups excluding carboxylic acids is 1. The molecule has 1 aliphatic rings. The van der Waals surface area contributed by atoms with E-state index in [4.69, 9.17) is 0 Å². The summed E-state index contributed by atoms with van der Waals surface area (Å²) in [5.41, 5.74) is 2.51. The zero-order valence-electron chi connectivity index (χ0n) is 19.0. The molecule has 0 spiro atoms. The molecule has 6 nitrogen and oxygen atoms in total. The molecule has 0 atom stereocenters. The van der Waals surface area contributed by atoms with Gasteiger partial charge in [-0.3, -0.25) is 9.48 Å². The second-order valence-corrected chi connectivity index (χ2v) is 8.78. The summed E-state index contributed by atoms with van der Waals surface area (Å²) >= 11 is 0. The lowest BCUT2D eigenvalue weighted by Gasteiger charge is -2.24. The fraction of sp³-hybridized carbons (Fsp3) is 0.375. The minimum absolute atomic E-state index is 0.0620. The van der Waals surface area contributed by atoms with Crippen LogP contribution in [-0.2, 0) is 0 Å². The van der Waals surface area contributed by atoms with Crippen molar-refractivity contribution in [2.24, 2.45) is 0 Å². The van der Waals surface area contributed by atoms with Gasteiger partial charge >= 0.3 is 0 Å². The zero-order chi connectivity index (χ0) is 23.9. The number of pyridine rings is 1. The average Bonchev–Trinajstić information content (AvgIpc) is 3.37. The molecule has 1 aromatic carbocycles. The molecule has 2 aromatic heterocycles. The molecule has 33 heavy (non-hydrogen) atoms. The Morgan fingerprint density at radius 2 is 1.94 bits per heavy atom. The third kappa shape index (κ3) is 4.72. The summed E-state index contributed by atoms with van der Waals surface area (Å²) < 4.78 is 44.6. The maximum atomic E-state index is 14.9. The smallest absolute Gasteiger partial charge is 0.266 e. The molecule has 1 amide bonds. The highest BCUT2D eigenvalue weighted by molar-refractivity contribution is 6.08. The first-order chi connectivity index (χ1) is 15.5. The molecular weight excluding hydrogens is 431 g/mol. The number of rotatable bonds is 5. The van der Waals surface area contributed by atoms with E-state index in [1.165, 1.54) is 17.2 Å². The summed E-state index contributed by atoms with van der Waals surface area (Å²) in [4.78, 5) is 19.0. The predicted molar refractivity (Wildman–Crippen MR) is 121 cm³/mol. The van der Waals surface area contributed by atoms with Gasteiger partial charge in [0.25, 0.3) is 11.8 Å². The normalized spacial score (nSPS) is 15.3. The molecule has 1 saturated heterocycles. The fourth-order valence-electron chi connectivity index (χ4n) is 3.91. The molecule has 4 rings (SSSR count). The van der Waals surface area contributed by atoms with Crippen LogP contribution in [0, 0.1) is 19.7 Å². The molecule has 1 N–H and O–H groups in total. The second kappa shape index (κ2) is 8.53. The standard InChI is InChI=1S/C24H26F3N5O/c1-14(2)32-12-17(11-28-32)23(33)30-21-19(18-9-15(3)5-6-20(18)25)10-16(4)29-22(21)31-8-7-24(26,27)13-31/h5-6,9-12,14H,7-8,13H2,1-4H3,(H,30,33). The van der Waals surface area contributed by atoms with Crippen LogP contribution in [0.3, 0.4) is 0 Å². The Bertz CT molecular complexity index is 1200. The first kappa shape index (κ1) is 22.8. The number of aromatic nitrogens is 3. The van der Waals surface area contributed by atoms with E-state index in [-0.39, 0.29) is 36.1 Å². The number of alkyl halides is 2. The number of hydrogen-bond acceptors (Lipinski definition) is 4. The molecule has 174 valence electrons. The van der Waals surface area contributed by atoms with Gasteiger partial charge in [0.2, 0.25) is 0 Å². The van der Waals surface area contributed by atoms with Gasteiger partial charge in [-0.1, -0.05) is 11.6 Å². The highest BCUT2D eigenvalue weighted by Crippen LogP contribution is 2.40. The van der Waals surface area contributed by atoms with Crippen molar-refractivity contribution in [3.05, 3.63) is 59.3 Å². The fourth-order valence-corrected chi connectivity index (χ4v) is 3.91. The van der Waals surface area contributed by atoms with Crippen LogP contribution >= 0.6 is 0 Å². The van der Waals surface area contributed by atoms with Crippen LogP contribution < -0.4 is 10.2 Å². The zero-order valence-corrected chi connectivity index (χ0v) is 19.0. The van der Waals surface area contributed by atoms with Crippen LogP contribution in [0.4, 0.5) is 24.7 Å².